The van der Waals surface area contributed by atoms with Crippen LogP contribution in [0.1, 0.15) is 52.4 Å². The van der Waals surface area contributed by atoms with Crippen LogP contribution in [0.4, 0.5) is 4.79 Å². The number of rotatable bonds is 3. The number of amides is 2. The molecule has 1 N–H and O–H groups in total. The van der Waals surface area contributed by atoms with Gasteiger partial charge in [0, 0.05) is 19.1 Å². The third-order valence-electron chi connectivity index (χ3n) is 4.82. The van der Waals surface area contributed by atoms with E-state index in [1.54, 1.807) is 0 Å². The molecule has 0 bridgehead atoms. The Labute approximate surface area is 127 Å². The van der Waals surface area contributed by atoms with Crippen molar-refractivity contribution in [3.8, 4) is 0 Å². The van der Waals surface area contributed by atoms with Crippen LogP contribution in [-0.4, -0.2) is 42.6 Å². The monoisotopic (exact) mass is 296 g/mol. The number of hydrogen-bond acceptors (Lipinski definition) is 3. The summed E-state index contributed by atoms with van der Waals surface area (Å²) >= 11 is 0. The second-order valence-electron chi connectivity index (χ2n) is 6.33. The minimum atomic E-state index is -0.113. The van der Waals surface area contributed by atoms with Gasteiger partial charge in [-0.3, -0.25) is 4.79 Å². The average molecular weight is 296 g/mol. The Morgan fingerprint density at radius 3 is 2.43 bits per heavy atom. The van der Waals surface area contributed by atoms with E-state index < -0.39 is 0 Å². The molecule has 2 amide bonds. The molecule has 0 aromatic carbocycles. The molecule has 1 saturated heterocycles. The third-order valence-corrected chi connectivity index (χ3v) is 4.82. The average Bonchev–Trinajstić information content (AvgIpc) is 2.50. The number of piperidine rings is 1. The second kappa shape index (κ2) is 7.66. The molecule has 0 spiro atoms. The van der Waals surface area contributed by atoms with Gasteiger partial charge in [-0.2, -0.15) is 0 Å². The Morgan fingerprint density at radius 2 is 1.81 bits per heavy atom. The fourth-order valence-electron chi connectivity index (χ4n) is 3.36. The smallest absolute Gasteiger partial charge is 0.317 e. The SMILES string of the molecule is CCOC(=O)C1CCN(C(=O)NC2CCCCC2C)CC1. The number of likely N-dealkylation sites (tertiary alicyclic amines) is 1. The third kappa shape index (κ3) is 4.35. The molecule has 1 aliphatic heterocycles. The van der Waals surface area contributed by atoms with E-state index in [4.69, 9.17) is 4.74 Å². The molecule has 2 aliphatic rings. The van der Waals surface area contributed by atoms with Gasteiger partial charge in [-0.05, 0) is 38.5 Å². The summed E-state index contributed by atoms with van der Waals surface area (Å²) in [7, 11) is 0. The molecule has 5 nitrogen and oxygen atoms in total. The highest BCUT2D eigenvalue weighted by atomic mass is 16.5. The maximum atomic E-state index is 12.3. The standard InChI is InChI=1S/C16H28N2O3/c1-3-21-15(19)13-8-10-18(11-9-13)16(20)17-14-7-5-4-6-12(14)2/h12-14H,3-11H2,1-2H3,(H,17,20). The van der Waals surface area contributed by atoms with Crippen LogP contribution < -0.4 is 5.32 Å². The lowest BCUT2D eigenvalue weighted by atomic mass is 9.86. The van der Waals surface area contributed by atoms with Gasteiger partial charge in [0.25, 0.3) is 0 Å². The Morgan fingerprint density at radius 1 is 1.14 bits per heavy atom. The number of carbonyl (C=O) groups is 2. The fraction of sp³-hybridized carbons (Fsp3) is 0.875. The van der Waals surface area contributed by atoms with Gasteiger partial charge in [-0.15, -0.1) is 0 Å². The molecule has 0 radical (unpaired) electrons. The predicted octanol–water partition coefficient (Wildman–Crippen LogP) is 2.55. The largest absolute Gasteiger partial charge is 0.466 e. The number of carbonyl (C=O) groups excluding carboxylic acids is 2. The second-order valence-corrected chi connectivity index (χ2v) is 6.33. The van der Waals surface area contributed by atoms with Crippen molar-refractivity contribution in [1.82, 2.24) is 10.2 Å². The molecule has 1 saturated carbocycles. The highest BCUT2D eigenvalue weighted by Gasteiger charge is 2.30. The highest BCUT2D eigenvalue weighted by Crippen LogP contribution is 2.24. The zero-order chi connectivity index (χ0) is 15.2. The van der Waals surface area contributed by atoms with Crippen molar-refractivity contribution in [1.29, 1.82) is 0 Å². The van der Waals surface area contributed by atoms with Crippen LogP contribution in [0.25, 0.3) is 0 Å². The van der Waals surface area contributed by atoms with Crippen molar-refractivity contribution in [2.24, 2.45) is 11.8 Å². The molecule has 21 heavy (non-hydrogen) atoms. The quantitative estimate of drug-likeness (QED) is 0.814. The van der Waals surface area contributed by atoms with Gasteiger partial charge in [-0.1, -0.05) is 19.8 Å². The number of urea groups is 1. The first kappa shape index (κ1) is 16.1. The molecular formula is C16H28N2O3. The number of hydrogen-bond donors (Lipinski definition) is 1. The summed E-state index contributed by atoms with van der Waals surface area (Å²) in [6, 6.07) is 0.352. The van der Waals surface area contributed by atoms with E-state index >= 15 is 0 Å². The van der Waals surface area contributed by atoms with Crippen LogP contribution in [0.5, 0.6) is 0 Å². The number of ether oxygens (including phenoxy) is 1. The van der Waals surface area contributed by atoms with E-state index in [9.17, 15) is 9.59 Å². The van der Waals surface area contributed by atoms with Crippen LogP contribution in [0.15, 0.2) is 0 Å². The summed E-state index contributed by atoms with van der Waals surface area (Å²) in [4.78, 5) is 25.9. The first-order valence-electron chi connectivity index (χ1n) is 8.34. The first-order valence-corrected chi connectivity index (χ1v) is 8.34. The van der Waals surface area contributed by atoms with E-state index in [2.05, 4.69) is 12.2 Å². The zero-order valence-electron chi connectivity index (χ0n) is 13.3. The normalized spacial score (nSPS) is 27.2. The fourth-order valence-corrected chi connectivity index (χ4v) is 3.36. The molecule has 5 heteroatoms. The summed E-state index contributed by atoms with van der Waals surface area (Å²) in [5.41, 5.74) is 0. The van der Waals surface area contributed by atoms with Gasteiger partial charge >= 0.3 is 12.0 Å². The van der Waals surface area contributed by atoms with Gasteiger partial charge in [-0.25, -0.2) is 4.79 Å². The van der Waals surface area contributed by atoms with Gasteiger partial charge in [0.15, 0.2) is 0 Å². The molecule has 2 atom stereocenters. The number of nitrogens with one attached hydrogen (secondary N) is 1. The van der Waals surface area contributed by atoms with E-state index in [-0.39, 0.29) is 17.9 Å². The lowest BCUT2D eigenvalue weighted by Gasteiger charge is -2.35. The first-order chi connectivity index (χ1) is 10.1. The van der Waals surface area contributed by atoms with Gasteiger partial charge in [0.2, 0.25) is 0 Å². The van der Waals surface area contributed by atoms with E-state index in [1.165, 1.54) is 19.3 Å². The summed E-state index contributed by atoms with van der Waals surface area (Å²) in [5, 5.41) is 3.18. The molecule has 2 unspecified atom stereocenters. The predicted molar refractivity (Wildman–Crippen MR) is 80.9 cm³/mol. The maximum absolute atomic E-state index is 12.3. The molecule has 0 aromatic heterocycles. The van der Waals surface area contributed by atoms with Gasteiger partial charge in [0.05, 0.1) is 12.5 Å². The molecule has 0 aromatic rings. The van der Waals surface area contributed by atoms with Crippen molar-refractivity contribution in [2.75, 3.05) is 19.7 Å². The Hall–Kier alpha value is -1.26. The number of esters is 1. The van der Waals surface area contributed by atoms with Crippen molar-refractivity contribution in [3.05, 3.63) is 0 Å². The summed E-state index contributed by atoms with van der Waals surface area (Å²) in [6.07, 6.45) is 6.21. The van der Waals surface area contributed by atoms with Crippen LogP contribution in [0, 0.1) is 11.8 Å². The topological polar surface area (TPSA) is 58.6 Å². The minimum absolute atomic E-state index is 0.0380. The van der Waals surface area contributed by atoms with Gasteiger partial charge in [0.1, 0.15) is 0 Å². The molecule has 120 valence electrons. The lowest BCUT2D eigenvalue weighted by Crippen LogP contribution is -2.50. The Balaban J connectivity index is 1.76. The molecule has 2 rings (SSSR count). The van der Waals surface area contributed by atoms with Crippen molar-refractivity contribution in [3.63, 3.8) is 0 Å². The van der Waals surface area contributed by atoms with Crippen LogP contribution >= 0.6 is 0 Å². The Kier molecular flexibility index (Phi) is 5.88. The van der Waals surface area contributed by atoms with Gasteiger partial charge < -0.3 is 15.0 Å². The summed E-state index contributed by atoms with van der Waals surface area (Å²) in [5.74, 6) is 0.417. The van der Waals surface area contributed by atoms with Crippen LogP contribution in [0.2, 0.25) is 0 Å². The Bertz CT molecular complexity index is 365. The molecule has 2 fully saturated rings. The van der Waals surface area contributed by atoms with E-state index in [1.807, 2.05) is 11.8 Å². The van der Waals surface area contributed by atoms with E-state index in [0.717, 1.165) is 6.42 Å². The van der Waals surface area contributed by atoms with Crippen molar-refractivity contribution in [2.45, 2.75) is 58.4 Å². The molecule has 1 aliphatic carbocycles. The highest BCUT2D eigenvalue weighted by molar-refractivity contribution is 5.76. The van der Waals surface area contributed by atoms with Crippen molar-refractivity contribution < 1.29 is 14.3 Å². The molecule has 1 heterocycles. The lowest BCUT2D eigenvalue weighted by molar-refractivity contribution is -0.149. The summed E-state index contributed by atoms with van der Waals surface area (Å²) < 4.78 is 5.05. The van der Waals surface area contributed by atoms with Crippen molar-refractivity contribution >= 4 is 12.0 Å². The van der Waals surface area contributed by atoms with E-state index in [0.29, 0.717) is 44.5 Å². The van der Waals surface area contributed by atoms with Crippen LogP contribution in [0.3, 0.4) is 0 Å². The number of nitrogens with zero attached hydrogens (tertiary/aromatic N) is 1. The maximum Gasteiger partial charge on any atom is 0.317 e. The minimum Gasteiger partial charge on any atom is -0.466 e. The van der Waals surface area contributed by atoms with Crippen LogP contribution in [-0.2, 0) is 9.53 Å². The summed E-state index contributed by atoms with van der Waals surface area (Å²) in [6.45, 7) is 5.77. The zero-order valence-corrected chi connectivity index (χ0v) is 13.3. The molecular weight excluding hydrogens is 268 g/mol.